The van der Waals surface area contributed by atoms with Gasteiger partial charge >= 0.3 is 11.8 Å². The Hall–Kier alpha value is -2.24. The molecule has 136 valence electrons. The molecule has 3 rings (SSSR count). The number of rotatable bonds is 3. The van der Waals surface area contributed by atoms with Crippen molar-refractivity contribution in [3.63, 3.8) is 0 Å². The number of amides is 2. The summed E-state index contributed by atoms with van der Waals surface area (Å²) >= 11 is 0. The summed E-state index contributed by atoms with van der Waals surface area (Å²) in [5.41, 5.74) is 1.11. The number of nitrogens with zero attached hydrogens (tertiary/aromatic N) is 2. The summed E-state index contributed by atoms with van der Waals surface area (Å²) in [7, 11) is 1.65. The van der Waals surface area contributed by atoms with Gasteiger partial charge in [-0.1, -0.05) is 19.3 Å². The van der Waals surface area contributed by atoms with Crippen molar-refractivity contribution in [1.29, 1.82) is 0 Å². The third-order valence-corrected chi connectivity index (χ3v) is 5.14. The topological polar surface area (TPSA) is 61.9 Å². The average Bonchev–Trinajstić information content (AvgIpc) is 2.68. The summed E-state index contributed by atoms with van der Waals surface area (Å²) < 4.78 is 5.18. The molecular formula is C19H27N3O3. The summed E-state index contributed by atoms with van der Waals surface area (Å²) in [5, 5.41) is 2.91. The number of benzene rings is 1. The van der Waals surface area contributed by atoms with Crippen molar-refractivity contribution >= 4 is 17.5 Å². The van der Waals surface area contributed by atoms with E-state index in [9.17, 15) is 9.59 Å². The summed E-state index contributed by atoms with van der Waals surface area (Å²) in [5.74, 6) is 0.00157. The number of nitrogens with one attached hydrogen (secondary N) is 1. The second-order valence-corrected chi connectivity index (χ2v) is 6.79. The molecule has 2 amide bonds. The molecular weight excluding hydrogens is 318 g/mol. The highest BCUT2D eigenvalue weighted by atomic mass is 16.5. The lowest BCUT2D eigenvalue weighted by Crippen LogP contribution is -2.54. The molecule has 2 aliphatic rings. The van der Waals surface area contributed by atoms with Crippen LogP contribution in [0.1, 0.15) is 32.1 Å². The highest BCUT2D eigenvalue weighted by molar-refractivity contribution is 6.35. The molecule has 0 radical (unpaired) electrons. The fourth-order valence-corrected chi connectivity index (χ4v) is 3.60. The number of carbonyl (C=O) groups is 2. The Labute approximate surface area is 149 Å². The molecule has 0 aromatic heterocycles. The normalized spacial score (nSPS) is 18.8. The van der Waals surface area contributed by atoms with Gasteiger partial charge in [0.2, 0.25) is 0 Å². The van der Waals surface area contributed by atoms with Crippen LogP contribution in [0.5, 0.6) is 5.75 Å². The van der Waals surface area contributed by atoms with E-state index in [1.165, 1.54) is 6.42 Å². The Bertz CT molecular complexity index is 588. The van der Waals surface area contributed by atoms with Crippen LogP contribution in [0.25, 0.3) is 0 Å². The van der Waals surface area contributed by atoms with Crippen LogP contribution in [-0.4, -0.2) is 56.0 Å². The van der Waals surface area contributed by atoms with Crippen molar-refractivity contribution in [3.05, 3.63) is 24.3 Å². The fourth-order valence-electron chi connectivity index (χ4n) is 3.60. The molecule has 1 saturated carbocycles. The lowest BCUT2D eigenvalue weighted by Gasteiger charge is -2.36. The van der Waals surface area contributed by atoms with E-state index in [1.807, 2.05) is 24.3 Å². The van der Waals surface area contributed by atoms with Gasteiger partial charge in [0.1, 0.15) is 5.75 Å². The van der Waals surface area contributed by atoms with Gasteiger partial charge in [0.05, 0.1) is 7.11 Å². The third-order valence-electron chi connectivity index (χ3n) is 5.14. The zero-order valence-corrected chi connectivity index (χ0v) is 14.9. The van der Waals surface area contributed by atoms with Gasteiger partial charge in [0, 0.05) is 37.9 Å². The molecule has 1 N–H and O–H groups in total. The molecule has 1 saturated heterocycles. The van der Waals surface area contributed by atoms with Crippen LogP contribution in [0.15, 0.2) is 24.3 Å². The lowest BCUT2D eigenvalue weighted by atomic mass is 9.95. The SMILES string of the molecule is COc1ccc(N2CCN(C(=O)C(=O)NC3CCCCC3)CC2)cc1. The fraction of sp³-hybridized carbons (Fsp3) is 0.579. The summed E-state index contributed by atoms with van der Waals surface area (Å²) in [6, 6.07) is 8.08. The van der Waals surface area contributed by atoms with Crippen molar-refractivity contribution in [2.45, 2.75) is 38.1 Å². The second kappa shape index (κ2) is 8.23. The van der Waals surface area contributed by atoms with Crippen LogP contribution in [0, 0.1) is 0 Å². The van der Waals surface area contributed by atoms with Gasteiger partial charge < -0.3 is 19.9 Å². The first-order chi connectivity index (χ1) is 12.2. The molecule has 1 aliphatic heterocycles. The molecule has 1 aromatic carbocycles. The van der Waals surface area contributed by atoms with E-state index in [1.54, 1.807) is 12.0 Å². The zero-order chi connectivity index (χ0) is 17.6. The molecule has 0 atom stereocenters. The van der Waals surface area contributed by atoms with E-state index in [4.69, 9.17) is 4.74 Å². The van der Waals surface area contributed by atoms with Crippen molar-refractivity contribution < 1.29 is 14.3 Å². The minimum Gasteiger partial charge on any atom is -0.497 e. The van der Waals surface area contributed by atoms with Crippen LogP contribution in [0.4, 0.5) is 5.69 Å². The Morgan fingerprint density at radius 1 is 1.00 bits per heavy atom. The quantitative estimate of drug-likeness (QED) is 0.849. The predicted octanol–water partition coefficient (Wildman–Crippen LogP) is 1.79. The molecule has 0 bridgehead atoms. The van der Waals surface area contributed by atoms with Gasteiger partial charge in [0.25, 0.3) is 0 Å². The maximum Gasteiger partial charge on any atom is 0.312 e. The Balaban J connectivity index is 1.48. The highest BCUT2D eigenvalue weighted by Crippen LogP contribution is 2.21. The molecule has 6 nitrogen and oxygen atoms in total. The molecule has 0 spiro atoms. The molecule has 2 fully saturated rings. The molecule has 25 heavy (non-hydrogen) atoms. The molecule has 1 aromatic rings. The van der Waals surface area contributed by atoms with Crippen LogP contribution < -0.4 is 15.0 Å². The van der Waals surface area contributed by atoms with Crippen molar-refractivity contribution in [1.82, 2.24) is 10.2 Å². The number of piperazine rings is 1. The van der Waals surface area contributed by atoms with Gasteiger partial charge in [-0.15, -0.1) is 0 Å². The van der Waals surface area contributed by atoms with E-state index in [2.05, 4.69) is 10.2 Å². The number of anilines is 1. The first kappa shape index (κ1) is 17.6. The smallest absolute Gasteiger partial charge is 0.312 e. The molecule has 6 heteroatoms. The van der Waals surface area contributed by atoms with Gasteiger partial charge in [-0.05, 0) is 37.1 Å². The summed E-state index contributed by atoms with van der Waals surface area (Å²) in [6.45, 7) is 2.61. The first-order valence-corrected chi connectivity index (χ1v) is 9.16. The molecule has 0 unspecified atom stereocenters. The van der Waals surface area contributed by atoms with Crippen LogP contribution in [0.2, 0.25) is 0 Å². The van der Waals surface area contributed by atoms with E-state index in [0.717, 1.165) is 50.2 Å². The maximum atomic E-state index is 12.4. The van der Waals surface area contributed by atoms with Crippen molar-refractivity contribution in [3.8, 4) is 5.75 Å². The van der Waals surface area contributed by atoms with Gasteiger partial charge in [-0.2, -0.15) is 0 Å². The second-order valence-electron chi connectivity index (χ2n) is 6.79. The van der Waals surface area contributed by atoms with E-state index in [-0.39, 0.29) is 11.9 Å². The van der Waals surface area contributed by atoms with Crippen LogP contribution >= 0.6 is 0 Å². The lowest BCUT2D eigenvalue weighted by molar-refractivity contribution is -0.146. The Morgan fingerprint density at radius 2 is 1.64 bits per heavy atom. The van der Waals surface area contributed by atoms with Crippen LogP contribution in [-0.2, 0) is 9.59 Å². The number of methoxy groups -OCH3 is 1. The minimum absolute atomic E-state index is 0.172. The first-order valence-electron chi connectivity index (χ1n) is 9.16. The third kappa shape index (κ3) is 4.44. The molecule has 1 heterocycles. The maximum absolute atomic E-state index is 12.4. The number of hydrogen-bond donors (Lipinski definition) is 1. The summed E-state index contributed by atoms with van der Waals surface area (Å²) in [4.78, 5) is 28.5. The van der Waals surface area contributed by atoms with E-state index >= 15 is 0 Å². The largest absolute Gasteiger partial charge is 0.497 e. The van der Waals surface area contributed by atoms with Crippen molar-refractivity contribution in [2.75, 3.05) is 38.2 Å². The number of hydrogen-bond acceptors (Lipinski definition) is 4. The standard InChI is InChI=1S/C19H27N3O3/c1-25-17-9-7-16(8-10-17)21-11-13-22(14-12-21)19(24)18(23)20-15-5-3-2-4-6-15/h7-10,15H,2-6,11-14H2,1H3,(H,20,23). The van der Waals surface area contributed by atoms with Crippen molar-refractivity contribution in [2.24, 2.45) is 0 Å². The predicted molar refractivity (Wildman–Crippen MR) is 96.8 cm³/mol. The van der Waals surface area contributed by atoms with Gasteiger partial charge in [-0.3, -0.25) is 9.59 Å². The number of ether oxygens (including phenoxy) is 1. The Kier molecular flexibility index (Phi) is 5.79. The van der Waals surface area contributed by atoms with E-state index < -0.39 is 5.91 Å². The minimum atomic E-state index is -0.440. The van der Waals surface area contributed by atoms with Gasteiger partial charge in [0.15, 0.2) is 0 Å². The van der Waals surface area contributed by atoms with E-state index in [0.29, 0.717) is 13.1 Å². The molecule has 1 aliphatic carbocycles. The summed E-state index contributed by atoms with van der Waals surface area (Å²) in [6.07, 6.45) is 5.49. The average molecular weight is 345 g/mol. The Morgan fingerprint density at radius 3 is 2.24 bits per heavy atom. The monoisotopic (exact) mass is 345 g/mol. The highest BCUT2D eigenvalue weighted by Gasteiger charge is 2.27. The zero-order valence-electron chi connectivity index (χ0n) is 14.9. The van der Waals surface area contributed by atoms with Crippen LogP contribution in [0.3, 0.4) is 0 Å². The number of carbonyl (C=O) groups excluding carboxylic acids is 2. The van der Waals surface area contributed by atoms with Gasteiger partial charge in [-0.25, -0.2) is 0 Å².